The molecular weight excluding hydrogens is 913 g/mol. The summed E-state index contributed by atoms with van der Waals surface area (Å²) in [6.45, 7) is 12.4. The third-order valence-corrected chi connectivity index (χ3v) is 15.6. The zero-order valence-corrected chi connectivity index (χ0v) is 43.8. The Hall–Kier alpha value is -4.51. The molecule has 17 heteroatoms. The lowest BCUT2D eigenvalue weighted by Gasteiger charge is -2.43. The van der Waals surface area contributed by atoms with Gasteiger partial charge >= 0.3 is 11.9 Å². The first-order valence-electron chi connectivity index (χ1n) is 25.7. The highest BCUT2D eigenvalue weighted by atomic mass is 16.6. The van der Waals surface area contributed by atoms with Gasteiger partial charge in [0.25, 0.3) is 11.7 Å². The van der Waals surface area contributed by atoms with Crippen LogP contribution < -0.4 is 0 Å². The molecule has 2 N–H and O–H groups in total. The van der Waals surface area contributed by atoms with E-state index in [4.69, 9.17) is 29.2 Å². The van der Waals surface area contributed by atoms with Crippen molar-refractivity contribution >= 4 is 35.2 Å². The third kappa shape index (κ3) is 16.2. The Morgan fingerprint density at radius 1 is 0.915 bits per heavy atom. The molecule has 4 aliphatic rings. The highest BCUT2D eigenvalue weighted by Gasteiger charge is 2.51. The Balaban J connectivity index is 1.69. The second-order valence-electron chi connectivity index (χ2n) is 21.0. The van der Waals surface area contributed by atoms with Crippen LogP contribution in [-0.2, 0) is 52.5 Å². The first-order valence-corrected chi connectivity index (χ1v) is 25.7. The number of esters is 2. The zero-order chi connectivity index (χ0) is 52.6. The number of rotatable bonds is 9. The number of Topliss-reactive ketones (excluding diaryl/α,β-unsaturated/α-hetero) is 3. The summed E-state index contributed by atoms with van der Waals surface area (Å²) in [5.74, 6) is -6.13. The van der Waals surface area contributed by atoms with Crippen molar-refractivity contribution in [2.24, 2.45) is 46.5 Å². The van der Waals surface area contributed by atoms with Crippen molar-refractivity contribution in [1.82, 2.24) is 4.90 Å². The van der Waals surface area contributed by atoms with Gasteiger partial charge in [-0.1, -0.05) is 76.2 Å². The fourth-order valence-corrected chi connectivity index (χ4v) is 11.1. The van der Waals surface area contributed by atoms with Crippen molar-refractivity contribution in [2.75, 3.05) is 34.4 Å². The lowest BCUT2D eigenvalue weighted by molar-refractivity contribution is -0.171. The van der Waals surface area contributed by atoms with Gasteiger partial charge in [-0.3, -0.25) is 24.0 Å². The number of ketones is 3. The molecule has 1 unspecified atom stereocenters. The topological polar surface area (TPSA) is 241 Å². The number of methoxy groups -OCH3 is 3. The van der Waals surface area contributed by atoms with Crippen molar-refractivity contribution in [3.05, 3.63) is 58.0 Å². The predicted molar refractivity (Wildman–Crippen MR) is 266 cm³/mol. The number of cyclic esters (lactones) is 1. The van der Waals surface area contributed by atoms with Gasteiger partial charge in [0.2, 0.25) is 0 Å². The van der Waals surface area contributed by atoms with E-state index >= 15 is 0 Å². The van der Waals surface area contributed by atoms with E-state index in [9.17, 15) is 39.0 Å². The van der Waals surface area contributed by atoms with Crippen molar-refractivity contribution in [3.63, 3.8) is 0 Å². The molecule has 15 atom stereocenters. The van der Waals surface area contributed by atoms with Crippen LogP contribution in [0.3, 0.4) is 0 Å². The highest BCUT2D eigenvalue weighted by molar-refractivity contribution is 6.39. The monoisotopic (exact) mass is 995 g/mol. The maximum atomic E-state index is 14.5. The predicted octanol–water partition coefficient (Wildman–Crippen LogP) is 7.71. The van der Waals surface area contributed by atoms with Gasteiger partial charge < -0.3 is 38.8 Å². The van der Waals surface area contributed by atoms with Crippen molar-refractivity contribution in [3.8, 4) is 0 Å². The minimum atomic E-state index is -1.96. The van der Waals surface area contributed by atoms with E-state index < -0.39 is 96.0 Å². The number of aliphatic hydroxyl groups excluding tert-OH is 1. The van der Waals surface area contributed by atoms with Crippen LogP contribution in [0, 0.1) is 41.4 Å². The second kappa shape index (κ2) is 28.1. The lowest BCUT2D eigenvalue weighted by atomic mass is 9.67. The van der Waals surface area contributed by atoms with Crippen LogP contribution in [0.2, 0.25) is 0 Å². The van der Waals surface area contributed by atoms with Crippen LogP contribution in [0.5, 0.6) is 0 Å². The largest absolute Gasteiger partial charge is 0.460 e. The van der Waals surface area contributed by atoms with Gasteiger partial charge in [0.15, 0.2) is 5.78 Å². The van der Waals surface area contributed by atoms with Gasteiger partial charge in [-0.15, -0.1) is 0 Å². The number of fused-ring (bicyclic) bond motifs is 3. The maximum absolute atomic E-state index is 14.5. The van der Waals surface area contributed by atoms with E-state index in [0.717, 1.165) is 12.0 Å². The SMILES string of the molecule is CO[C@H]1C[C@@H]2CC[C@@H](C)[C@@](O)(C2)C(=O)C(=O)N2CCCC[C@H]2C(=O)O[C@H]([C@H](C)CC2CC[C@@H](OC(=O)CN=[N+]=[N-])[C@H](OC)C2)CC(=O)[C@H](C)/C=C(\C)[C@@H](O)[C@@H](OC)C(=O)[C@H](C)C[C@H](C)/C=C/C=CC=C1C. The number of carbonyl (C=O) groups excluding carboxylic acids is 6. The molecule has 17 nitrogen and oxygen atoms in total. The number of amides is 1. The van der Waals surface area contributed by atoms with Gasteiger partial charge in [-0.05, 0) is 137 Å². The van der Waals surface area contributed by atoms with E-state index in [2.05, 4.69) is 10.0 Å². The van der Waals surface area contributed by atoms with Crippen LogP contribution in [0.1, 0.15) is 132 Å². The van der Waals surface area contributed by atoms with Crippen molar-refractivity contribution in [1.29, 1.82) is 0 Å². The Kier molecular flexibility index (Phi) is 23.4. The molecule has 0 aromatic rings. The first kappa shape index (κ1) is 59.1. The molecule has 71 heavy (non-hydrogen) atoms. The number of allylic oxidation sites excluding steroid dienone is 6. The maximum Gasteiger partial charge on any atom is 0.329 e. The third-order valence-electron chi connectivity index (χ3n) is 15.6. The lowest BCUT2D eigenvalue weighted by Crippen LogP contribution is -2.59. The number of ether oxygens (including phenoxy) is 5. The number of carbonyl (C=O) groups is 6. The molecule has 4 rings (SSSR count). The minimum absolute atomic E-state index is 0.00782. The van der Waals surface area contributed by atoms with Crippen LogP contribution in [-0.4, -0.2) is 133 Å². The minimum Gasteiger partial charge on any atom is -0.460 e. The first-order chi connectivity index (χ1) is 33.7. The van der Waals surface area contributed by atoms with Crippen LogP contribution >= 0.6 is 0 Å². The van der Waals surface area contributed by atoms with E-state index in [0.29, 0.717) is 63.4 Å². The average molecular weight is 995 g/mol. The molecule has 0 spiro atoms. The molecule has 396 valence electrons. The highest BCUT2D eigenvalue weighted by Crippen LogP contribution is 2.42. The van der Waals surface area contributed by atoms with E-state index in [1.54, 1.807) is 34.0 Å². The zero-order valence-electron chi connectivity index (χ0n) is 43.8. The average Bonchev–Trinajstić information content (AvgIpc) is 3.35. The Morgan fingerprint density at radius 2 is 1.65 bits per heavy atom. The van der Waals surface area contributed by atoms with Crippen LogP contribution in [0.25, 0.3) is 10.4 Å². The van der Waals surface area contributed by atoms with Gasteiger partial charge in [0, 0.05) is 51.0 Å². The smallest absolute Gasteiger partial charge is 0.329 e. The second-order valence-corrected chi connectivity index (χ2v) is 21.0. The number of azide groups is 1. The summed E-state index contributed by atoms with van der Waals surface area (Å²) in [7, 11) is 4.51. The van der Waals surface area contributed by atoms with E-state index in [1.807, 2.05) is 58.1 Å². The summed E-state index contributed by atoms with van der Waals surface area (Å²) < 4.78 is 29.1. The Morgan fingerprint density at radius 3 is 2.32 bits per heavy atom. The summed E-state index contributed by atoms with van der Waals surface area (Å²) >= 11 is 0. The summed E-state index contributed by atoms with van der Waals surface area (Å²) in [5, 5.41) is 27.0. The molecule has 1 saturated heterocycles. The molecule has 2 saturated carbocycles. The Labute approximate surface area is 420 Å². The van der Waals surface area contributed by atoms with E-state index in [1.165, 1.54) is 19.1 Å². The van der Waals surface area contributed by atoms with E-state index in [-0.39, 0.29) is 61.2 Å². The molecule has 2 aliphatic heterocycles. The normalized spacial score (nSPS) is 36.5. The van der Waals surface area contributed by atoms with Crippen LogP contribution in [0.15, 0.2) is 52.7 Å². The van der Waals surface area contributed by atoms with Gasteiger partial charge in [0.1, 0.15) is 48.4 Å². The van der Waals surface area contributed by atoms with Gasteiger partial charge in [0.05, 0.1) is 12.2 Å². The summed E-state index contributed by atoms with van der Waals surface area (Å²) in [4.78, 5) is 87.5. The van der Waals surface area contributed by atoms with Crippen LogP contribution in [0.4, 0.5) is 0 Å². The quantitative estimate of drug-likeness (QED) is 0.0563. The summed E-state index contributed by atoms with van der Waals surface area (Å²) in [6.07, 6.45) is 12.0. The fourth-order valence-electron chi connectivity index (χ4n) is 11.1. The fraction of sp³-hybridized carbons (Fsp3) is 0.741. The summed E-state index contributed by atoms with van der Waals surface area (Å²) in [6, 6.07) is -1.13. The molecule has 0 radical (unpaired) electrons. The standard InChI is InChI=1S/C54H82N4O13/c1-32-16-12-11-13-17-33(2)44(67-8)28-40-20-19-38(7)54(66,30-40)51(63)52(64)58-23-15-14-18-41(58)53(65)71-45(29-42(59)34(3)25-37(6)49(62)50(69-10)48(61)36(5)24-32)35(4)26-39-21-22-43(46(27-39)68-9)70-47(60)31-56-57-55/h11-13,16-17,25,32,34-36,38-41,43-46,49-50,62,66H,14-15,18-24,26-31H2,1-10H3/b13-11?,16-12+,33-17?,37-25+/t32-,34-,35-,36-,38-,39?,40+,41+,43-,44+,45+,46-,49-,50+,54+/m1/s1. The number of hydrogen-bond donors (Lipinski definition) is 2. The molecule has 2 bridgehead atoms. The van der Waals surface area contributed by atoms with Crippen molar-refractivity contribution < 1.29 is 62.7 Å². The summed E-state index contributed by atoms with van der Waals surface area (Å²) in [5.41, 5.74) is 7.98. The molecule has 2 aliphatic carbocycles. The number of piperidine rings is 1. The van der Waals surface area contributed by atoms with Crippen molar-refractivity contribution in [2.45, 2.75) is 180 Å². The number of nitrogens with zero attached hydrogens (tertiary/aromatic N) is 4. The Bertz CT molecular complexity index is 2030. The molecule has 2 heterocycles. The molecule has 1 amide bonds. The molecule has 0 aromatic carbocycles. The van der Waals surface area contributed by atoms with Gasteiger partial charge in [-0.25, -0.2) is 4.79 Å². The molecule has 3 fully saturated rings. The number of aliphatic hydroxyl groups is 2. The molecule has 0 aromatic heterocycles. The van der Waals surface area contributed by atoms with Gasteiger partial charge in [-0.2, -0.15) is 0 Å². The molecular formula is C54H82N4O13. The number of hydrogen-bond acceptors (Lipinski definition) is 14.